The van der Waals surface area contributed by atoms with Crippen LogP contribution in [0.2, 0.25) is 0 Å². The van der Waals surface area contributed by atoms with Crippen molar-refractivity contribution in [2.75, 3.05) is 11.9 Å². The quantitative estimate of drug-likeness (QED) is 0.936. The molecule has 0 spiro atoms. The second kappa shape index (κ2) is 6.83. The van der Waals surface area contributed by atoms with Gasteiger partial charge in [-0.25, -0.2) is 0 Å². The summed E-state index contributed by atoms with van der Waals surface area (Å²) in [6.07, 6.45) is -4.42. The Morgan fingerprint density at radius 2 is 1.78 bits per heavy atom. The highest BCUT2D eigenvalue weighted by Gasteiger charge is 2.30. The number of carbonyl (C=O) groups excluding carboxylic acids is 1. The lowest BCUT2D eigenvalue weighted by molar-refractivity contribution is -0.137. The molecule has 2 aromatic rings. The number of hydrogen-bond donors (Lipinski definition) is 1. The number of halogens is 3. The van der Waals surface area contributed by atoms with Crippen LogP contribution in [0.5, 0.6) is 5.75 Å². The van der Waals surface area contributed by atoms with Crippen molar-refractivity contribution in [3.8, 4) is 11.8 Å². The molecule has 0 aliphatic carbocycles. The second-order valence-electron chi connectivity index (χ2n) is 4.52. The molecular weight excluding hydrogens is 309 g/mol. The van der Waals surface area contributed by atoms with Crippen molar-refractivity contribution in [2.24, 2.45) is 0 Å². The monoisotopic (exact) mass is 320 g/mol. The van der Waals surface area contributed by atoms with E-state index in [9.17, 15) is 18.0 Å². The summed E-state index contributed by atoms with van der Waals surface area (Å²) in [4.78, 5) is 11.8. The van der Waals surface area contributed by atoms with Crippen LogP contribution in [0.25, 0.3) is 0 Å². The van der Waals surface area contributed by atoms with E-state index < -0.39 is 17.6 Å². The zero-order valence-corrected chi connectivity index (χ0v) is 11.7. The van der Waals surface area contributed by atoms with Gasteiger partial charge in [0.25, 0.3) is 5.91 Å². The SMILES string of the molecule is N#Cc1ccccc1NC(=O)COc1ccc(C(F)(F)F)cc1. The fourth-order valence-electron chi connectivity index (χ4n) is 1.76. The third-order valence-corrected chi connectivity index (χ3v) is 2.87. The van der Waals surface area contributed by atoms with Crippen molar-refractivity contribution in [3.63, 3.8) is 0 Å². The molecule has 0 saturated carbocycles. The predicted octanol–water partition coefficient (Wildman–Crippen LogP) is 3.59. The lowest BCUT2D eigenvalue weighted by Gasteiger charge is -2.10. The third kappa shape index (κ3) is 4.48. The van der Waals surface area contributed by atoms with E-state index in [2.05, 4.69) is 5.32 Å². The minimum Gasteiger partial charge on any atom is -0.484 e. The molecule has 0 aromatic heterocycles. The number of alkyl halides is 3. The van der Waals surface area contributed by atoms with E-state index in [0.29, 0.717) is 11.3 Å². The summed E-state index contributed by atoms with van der Waals surface area (Å²) < 4.78 is 42.4. The van der Waals surface area contributed by atoms with Gasteiger partial charge in [-0.2, -0.15) is 18.4 Å². The van der Waals surface area contributed by atoms with E-state index in [-0.39, 0.29) is 12.4 Å². The normalized spacial score (nSPS) is 10.7. The number of ether oxygens (including phenoxy) is 1. The van der Waals surface area contributed by atoms with Crippen molar-refractivity contribution < 1.29 is 22.7 Å². The maximum Gasteiger partial charge on any atom is 0.416 e. The lowest BCUT2D eigenvalue weighted by atomic mass is 10.2. The number of anilines is 1. The summed E-state index contributed by atoms with van der Waals surface area (Å²) in [5, 5.41) is 11.4. The van der Waals surface area contributed by atoms with E-state index >= 15 is 0 Å². The van der Waals surface area contributed by atoms with Crippen molar-refractivity contribution in [2.45, 2.75) is 6.18 Å². The highest BCUT2D eigenvalue weighted by molar-refractivity contribution is 5.93. The average molecular weight is 320 g/mol. The third-order valence-electron chi connectivity index (χ3n) is 2.87. The summed E-state index contributed by atoms with van der Waals surface area (Å²) in [5.74, 6) is -0.380. The molecule has 4 nitrogen and oxygen atoms in total. The summed E-state index contributed by atoms with van der Waals surface area (Å²) in [6, 6.07) is 12.4. The molecule has 23 heavy (non-hydrogen) atoms. The fourth-order valence-corrected chi connectivity index (χ4v) is 1.76. The molecule has 7 heteroatoms. The molecule has 2 aromatic carbocycles. The largest absolute Gasteiger partial charge is 0.484 e. The van der Waals surface area contributed by atoms with E-state index in [1.807, 2.05) is 6.07 Å². The summed E-state index contributed by atoms with van der Waals surface area (Å²) in [7, 11) is 0. The van der Waals surface area contributed by atoms with Gasteiger partial charge in [0.05, 0.1) is 16.8 Å². The Labute approximate surface area is 130 Å². The maximum atomic E-state index is 12.4. The van der Waals surface area contributed by atoms with Gasteiger partial charge in [-0.1, -0.05) is 12.1 Å². The van der Waals surface area contributed by atoms with Gasteiger partial charge < -0.3 is 10.1 Å². The molecule has 118 valence electrons. The zero-order valence-electron chi connectivity index (χ0n) is 11.7. The molecule has 0 radical (unpaired) electrons. The summed E-state index contributed by atoms with van der Waals surface area (Å²) in [6.45, 7) is -0.384. The Bertz CT molecular complexity index is 734. The first-order valence-electron chi connectivity index (χ1n) is 6.49. The van der Waals surface area contributed by atoms with Crippen LogP contribution in [0.15, 0.2) is 48.5 Å². The first-order chi connectivity index (χ1) is 10.9. The van der Waals surface area contributed by atoms with E-state index in [1.54, 1.807) is 24.3 Å². The Morgan fingerprint density at radius 1 is 1.13 bits per heavy atom. The van der Waals surface area contributed by atoms with Gasteiger partial charge in [-0.05, 0) is 36.4 Å². The van der Waals surface area contributed by atoms with Crippen LogP contribution < -0.4 is 10.1 Å². The summed E-state index contributed by atoms with van der Waals surface area (Å²) in [5.41, 5.74) is -0.149. The molecule has 0 heterocycles. The van der Waals surface area contributed by atoms with Crippen LogP contribution in [0, 0.1) is 11.3 Å². The number of para-hydroxylation sites is 1. The number of amides is 1. The Morgan fingerprint density at radius 3 is 2.39 bits per heavy atom. The number of hydrogen-bond acceptors (Lipinski definition) is 3. The Kier molecular flexibility index (Phi) is 4.86. The number of nitriles is 1. The van der Waals surface area contributed by atoms with Crippen LogP contribution in [-0.4, -0.2) is 12.5 Å². The van der Waals surface area contributed by atoms with Gasteiger partial charge in [-0.15, -0.1) is 0 Å². The predicted molar refractivity (Wildman–Crippen MR) is 76.7 cm³/mol. The highest BCUT2D eigenvalue weighted by atomic mass is 19.4. The van der Waals surface area contributed by atoms with Crippen LogP contribution in [0.1, 0.15) is 11.1 Å². The number of nitrogens with zero attached hydrogens (tertiary/aromatic N) is 1. The standard InChI is InChI=1S/C16H11F3N2O2/c17-16(18,19)12-5-7-13(8-6-12)23-10-15(22)21-14-4-2-1-3-11(14)9-20/h1-8H,10H2,(H,21,22). The topological polar surface area (TPSA) is 62.1 Å². The smallest absolute Gasteiger partial charge is 0.416 e. The van der Waals surface area contributed by atoms with Gasteiger partial charge in [0.1, 0.15) is 11.8 Å². The molecule has 1 amide bonds. The first-order valence-corrected chi connectivity index (χ1v) is 6.49. The Hall–Kier alpha value is -3.01. The van der Waals surface area contributed by atoms with Crippen LogP contribution in [0.4, 0.5) is 18.9 Å². The number of rotatable bonds is 4. The van der Waals surface area contributed by atoms with Gasteiger partial charge in [-0.3, -0.25) is 4.79 Å². The molecule has 0 aliphatic heterocycles. The fraction of sp³-hybridized carbons (Fsp3) is 0.125. The molecule has 1 N–H and O–H groups in total. The Balaban J connectivity index is 1.93. The maximum absolute atomic E-state index is 12.4. The van der Waals surface area contributed by atoms with E-state index in [4.69, 9.17) is 10.00 Å². The first kappa shape index (κ1) is 16.4. The zero-order chi connectivity index (χ0) is 16.9. The van der Waals surface area contributed by atoms with Crippen LogP contribution in [0.3, 0.4) is 0 Å². The molecule has 0 aliphatic rings. The molecule has 0 atom stereocenters. The average Bonchev–Trinajstić information content (AvgIpc) is 2.53. The number of carbonyl (C=O) groups is 1. The van der Waals surface area contributed by atoms with E-state index in [1.165, 1.54) is 0 Å². The van der Waals surface area contributed by atoms with Gasteiger partial charge in [0, 0.05) is 0 Å². The summed E-state index contributed by atoms with van der Waals surface area (Å²) >= 11 is 0. The minimum absolute atomic E-state index is 0.140. The second-order valence-corrected chi connectivity index (χ2v) is 4.52. The van der Waals surface area contributed by atoms with Gasteiger partial charge in [0.15, 0.2) is 6.61 Å². The van der Waals surface area contributed by atoms with Crippen molar-refractivity contribution in [1.82, 2.24) is 0 Å². The van der Waals surface area contributed by atoms with Gasteiger partial charge in [0.2, 0.25) is 0 Å². The van der Waals surface area contributed by atoms with Crippen molar-refractivity contribution >= 4 is 11.6 Å². The van der Waals surface area contributed by atoms with Crippen LogP contribution >= 0.6 is 0 Å². The lowest BCUT2D eigenvalue weighted by Crippen LogP contribution is -2.20. The molecular formula is C16H11F3N2O2. The number of benzene rings is 2. The van der Waals surface area contributed by atoms with E-state index in [0.717, 1.165) is 24.3 Å². The molecule has 0 saturated heterocycles. The van der Waals surface area contributed by atoms with Gasteiger partial charge >= 0.3 is 6.18 Å². The number of nitrogens with one attached hydrogen (secondary N) is 1. The van der Waals surface area contributed by atoms with Crippen LogP contribution in [-0.2, 0) is 11.0 Å². The van der Waals surface area contributed by atoms with Crippen molar-refractivity contribution in [1.29, 1.82) is 5.26 Å². The minimum atomic E-state index is -4.42. The molecule has 0 unspecified atom stereocenters. The molecule has 0 fully saturated rings. The van der Waals surface area contributed by atoms with Crippen molar-refractivity contribution in [3.05, 3.63) is 59.7 Å². The highest BCUT2D eigenvalue weighted by Crippen LogP contribution is 2.30. The molecule has 2 rings (SSSR count). The molecule has 0 bridgehead atoms.